The van der Waals surface area contributed by atoms with Gasteiger partial charge in [0.1, 0.15) is 5.75 Å². The van der Waals surface area contributed by atoms with Crippen molar-refractivity contribution in [3.63, 3.8) is 0 Å². The van der Waals surface area contributed by atoms with Crippen molar-refractivity contribution >= 4 is 17.6 Å². The lowest BCUT2D eigenvalue weighted by Crippen LogP contribution is -2.32. The number of carbonyl (C=O) groups is 2. The first-order valence-corrected chi connectivity index (χ1v) is 8.17. The van der Waals surface area contributed by atoms with Crippen LogP contribution in [0.25, 0.3) is 0 Å². The average Bonchev–Trinajstić information content (AvgIpc) is 2.62. The van der Waals surface area contributed by atoms with Crippen LogP contribution >= 0.6 is 0 Å². The fourth-order valence-corrected chi connectivity index (χ4v) is 2.34. The van der Waals surface area contributed by atoms with Crippen molar-refractivity contribution in [3.8, 4) is 5.75 Å². The molecule has 0 saturated heterocycles. The smallest absolute Gasteiger partial charge is 0.337 e. The van der Waals surface area contributed by atoms with E-state index in [1.165, 1.54) is 7.11 Å². The van der Waals surface area contributed by atoms with Crippen molar-refractivity contribution < 1.29 is 19.1 Å². The maximum absolute atomic E-state index is 12.5. The highest BCUT2D eigenvalue weighted by Crippen LogP contribution is 2.22. The predicted molar refractivity (Wildman–Crippen MR) is 97.0 cm³/mol. The van der Waals surface area contributed by atoms with Gasteiger partial charge in [-0.25, -0.2) is 4.79 Å². The summed E-state index contributed by atoms with van der Waals surface area (Å²) in [6.07, 6.45) is -0.0554. The molecule has 2 aromatic rings. The number of carbonyl (C=O) groups excluding carboxylic acids is 2. The number of aryl methyl sites for hydroxylation is 2. The maximum Gasteiger partial charge on any atom is 0.337 e. The van der Waals surface area contributed by atoms with Gasteiger partial charge in [0.15, 0.2) is 6.10 Å². The van der Waals surface area contributed by atoms with Crippen molar-refractivity contribution in [1.29, 1.82) is 0 Å². The number of benzene rings is 2. The average molecular weight is 341 g/mol. The molecule has 1 N–H and O–H groups in total. The molecule has 0 saturated carbocycles. The van der Waals surface area contributed by atoms with Crippen LogP contribution < -0.4 is 10.1 Å². The van der Waals surface area contributed by atoms with E-state index in [4.69, 9.17) is 4.74 Å². The van der Waals surface area contributed by atoms with Gasteiger partial charge in [-0.1, -0.05) is 19.1 Å². The van der Waals surface area contributed by atoms with Gasteiger partial charge >= 0.3 is 5.97 Å². The molecule has 2 aromatic carbocycles. The Kier molecular flexibility index (Phi) is 6.17. The zero-order valence-corrected chi connectivity index (χ0v) is 15.0. The van der Waals surface area contributed by atoms with E-state index < -0.39 is 12.1 Å². The molecule has 0 radical (unpaired) electrons. The molecule has 1 atom stereocenters. The normalized spacial score (nSPS) is 11.5. The lowest BCUT2D eigenvalue weighted by Gasteiger charge is -2.19. The quantitative estimate of drug-likeness (QED) is 0.810. The second-order valence-electron chi connectivity index (χ2n) is 5.84. The third-order valence-corrected chi connectivity index (χ3v) is 3.85. The van der Waals surface area contributed by atoms with E-state index in [0.29, 0.717) is 23.4 Å². The minimum Gasteiger partial charge on any atom is -0.480 e. The van der Waals surface area contributed by atoms with Crippen molar-refractivity contribution in [1.82, 2.24) is 0 Å². The van der Waals surface area contributed by atoms with Crippen LogP contribution in [0.3, 0.4) is 0 Å². The SMILES string of the molecule is CCC(Oc1cc(C)ccc1C)C(=O)Nc1ccc(C(=O)OC)cc1. The maximum atomic E-state index is 12.5. The molecule has 0 aliphatic rings. The first kappa shape index (κ1) is 18.5. The Labute approximate surface area is 148 Å². The first-order valence-electron chi connectivity index (χ1n) is 8.17. The number of hydrogen-bond acceptors (Lipinski definition) is 4. The molecule has 0 aromatic heterocycles. The Morgan fingerprint density at radius 2 is 1.76 bits per heavy atom. The van der Waals surface area contributed by atoms with Crippen LogP contribution in [-0.2, 0) is 9.53 Å². The molecule has 0 spiro atoms. The summed E-state index contributed by atoms with van der Waals surface area (Å²) in [5, 5.41) is 2.82. The van der Waals surface area contributed by atoms with Gasteiger partial charge in [0.25, 0.3) is 5.91 Å². The summed E-state index contributed by atoms with van der Waals surface area (Å²) < 4.78 is 10.6. The summed E-state index contributed by atoms with van der Waals surface area (Å²) in [4.78, 5) is 23.9. The van der Waals surface area contributed by atoms with E-state index in [-0.39, 0.29) is 5.91 Å². The molecule has 132 valence electrons. The highest BCUT2D eigenvalue weighted by molar-refractivity contribution is 5.95. The van der Waals surface area contributed by atoms with Crippen LogP contribution in [0.5, 0.6) is 5.75 Å². The van der Waals surface area contributed by atoms with Gasteiger partial charge in [-0.05, 0) is 61.7 Å². The van der Waals surface area contributed by atoms with Gasteiger partial charge in [-0.3, -0.25) is 4.79 Å². The summed E-state index contributed by atoms with van der Waals surface area (Å²) in [6, 6.07) is 12.4. The lowest BCUT2D eigenvalue weighted by atomic mass is 10.1. The molecule has 25 heavy (non-hydrogen) atoms. The monoisotopic (exact) mass is 341 g/mol. The second kappa shape index (κ2) is 8.33. The molecule has 1 unspecified atom stereocenters. The third kappa shape index (κ3) is 4.83. The number of rotatable bonds is 6. The number of esters is 1. The van der Waals surface area contributed by atoms with E-state index in [1.807, 2.05) is 39.0 Å². The van der Waals surface area contributed by atoms with Crippen LogP contribution in [0, 0.1) is 13.8 Å². The molecular formula is C20H23NO4. The summed E-state index contributed by atoms with van der Waals surface area (Å²) in [5.74, 6) is 0.0693. The van der Waals surface area contributed by atoms with Gasteiger partial charge in [-0.2, -0.15) is 0 Å². The van der Waals surface area contributed by atoms with Crippen LogP contribution in [-0.4, -0.2) is 25.1 Å². The fourth-order valence-electron chi connectivity index (χ4n) is 2.34. The zero-order valence-electron chi connectivity index (χ0n) is 15.0. The second-order valence-corrected chi connectivity index (χ2v) is 5.84. The van der Waals surface area contributed by atoms with Gasteiger partial charge in [0.2, 0.25) is 0 Å². The van der Waals surface area contributed by atoms with Crippen LogP contribution in [0.15, 0.2) is 42.5 Å². The van der Waals surface area contributed by atoms with Crippen molar-refractivity contribution in [2.75, 3.05) is 12.4 Å². The van der Waals surface area contributed by atoms with E-state index in [2.05, 4.69) is 10.1 Å². The number of nitrogens with one attached hydrogen (secondary N) is 1. The highest BCUT2D eigenvalue weighted by atomic mass is 16.5. The fraction of sp³-hybridized carbons (Fsp3) is 0.300. The van der Waals surface area contributed by atoms with E-state index in [9.17, 15) is 9.59 Å². The standard InChI is InChI=1S/C20H23NO4/c1-5-17(25-18-12-13(2)6-7-14(18)3)19(22)21-16-10-8-15(9-11-16)20(23)24-4/h6-12,17H,5H2,1-4H3,(H,21,22). The Balaban J connectivity index is 2.07. The van der Waals surface area contributed by atoms with E-state index in [1.54, 1.807) is 24.3 Å². The molecule has 0 heterocycles. The molecular weight excluding hydrogens is 318 g/mol. The summed E-state index contributed by atoms with van der Waals surface area (Å²) in [6.45, 7) is 5.83. The van der Waals surface area contributed by atoms with Gasteiger partial charge in [-0.15, -0.1) is 0 Å². The van der Waals surface area contributed by atoms with Crippen LogP contribution in [0.2, 0.25) is 0 Å². The minimum absolute atomic E-state index is 0.228. The molecule has 5 heteroatoms. The molecule has 1 amide bonds. The van der Waals surface area contributed by atoms with Crippen LogP contribution in [0.4, 0.5) is 5.69 Å². The number of amides is 1. The Hall–Kier alpha value is -2.82. The summed E-state index contributed by atoms with van der Waals surface area (Å²) in [7, 11) is 1.33. The van der Waals surface area contributed by atoms with Gasteiger partial charge < -0.3 is 14.8 Å². The highest BCUT2D eigenvalue weighted by Gasteiger charge is 2.19. The molecule has 0 aliphatic carbocycles. The van der Waals surface area contributed by atoms with Crippen molar-refractivity contribution in [2.45, 2.75) is 33.3 Å². The molecule has 0 bridgehead atoms. The Morgan fingerprint density at radius 1 is 1.08 bits per heavy atom. The van der Waals surface area contributed by atoms with E-state index >= 15 is 0 Å². The number of methoxy groups -OCH3 is 1. The van der Waals surface area contributed by atoms with Crippen molar-refractivity contribution in [2.24, 2.45) is 0 Å². The largest absolute Gasteiger partial charge is 0.480 e. The number of ether oxygens (including phenoxy) is 2. The van der Waals surface area contributed by atoms with Gasteiger partial charge in [0, 0.05) is 5.69 Å². The van der Waals surface area contributed by atoms with Crippen molar-refractivity contribution in [3.05, 3.63) is 59.2 Å². The molecule has 5 nitrogen and oxygen atoms in total. The third-order valence-electron chi connectivity index (χ3n) is 3.85. The van der Waals surface area contributed by atoms with E-state index in [0.717, 1.165) is 11.1 Å². The van der Waals surface area contributed by atoms with Crippen LogP contribution in [0.1, 0.15) is 34.8 Å². The predicted octanol–water partition coefficient (Wildman–Crippen LogP) is 3.89. The first-order chi connectivity index (χ1) is 11.9. The Bertz CT molecular complexity index is 753. The molecule has 0 aliphatic heterocycles. The minimum atomic E-state index is -0.596. The van der Waals surface area contributed by atoms with Gasteiger partial charge in [0.05, 0.1) is 12.7 Å². The molecule has 0 fully saturated rings. The zero-order chi connectivity index (χ0) is 18.4. The summed E-state index contributed by atoms with van der Waals surface area (Å²) >= 11 is 0. The summed E-state index contributed by atoms with van der Waals surface area (Å²) in [5.41, 5.74) is 3.09. The number of anilines is 1. The lowest BCUT2D eigenvalue weighted by molar-refractivity contribution is -0.122. The Morgan fingerprint density at radius 3 is 2.36 bits per heavy atom. The topological polar surface area (TPSA) is 64.6 Å². The number of hydrogen-bond donors (Lipinski definition) is 1. The molecule has 2 rings (SSSR count).